The highest BCUT2D eigenvalue weighted by atomic mass is 16.5. The monoisotopic (exact) mass is 423 g/mol. The Morgan fingerprint density at radius 3 is 2.71 bits per heavy atom. The molecule has 1 atom stereocenters. The van der Waals surface area contributed by atoms with Crippen molar-refractivity contribution >= 4 is 22.8 Å². The molecular formula is C23H25N3O5. The first-order valence-electron chi connectivity index (χ1n) is 10.5. The van der Waals surface area contributed by atoms with Gasteiger partial charge in [0.2, 0.25) is 5.91 Å². The standard InChI is InChI=1S/C23H25N3O5/c1-15(27)24-21(16-7-2-3-8-16)23(29)31-14-20-25-19-11-5-4-10-18(19)22(28)26(20)13-17-9-6-12-30-17/h4-6,9-12,16,21H,2-3,7-8,13-14H2,1H3,(H,24,27)/t21-/m1/s1. The Kier molecular flexibility index (Phi) is 6.16. The summed E-state index contributed by atoms with van der Waals surface area (Å²) in [6, 6.07) is 9.87. The molecule has 1 fully saturated rings. The van der Waals surface area contributed by atoms with Gasteiger partial charge in [0.15, 0.2) is 5.82 Å². The van der Waals surface area contributed by atoms with E-state index in [4.69, 9.17) is 9.15 Å². The first-order chi connectivity index (χ1) is 15.0. The van der Waals surface area contributed by atoms with Crippen molar-refractivity contribution in [2.24, 2.45) is 5.92 Å². The molecule has 1 saturated carbocycles. The van der Waals surface area contributed by atoms with Crippen LogP contribution in [0.15, 0.2) is 51.9 Å². The number of benzene rings is 1. The molecule has 31 heavy (non-hydrogen) atoms. The van der Waals surface area contributed by atoms with Gasteiger partial charge in [-0.25, -0.2) is 9.78 Å². The van der Waals surface area contributed by atoms with Crippen LogP contribution < -0.4 is 10.9 Å². The Bertz CT molecular complexity index is 1130. The van der Waals surface area contributed by atoms with Gasteiger partial charge in [-0.15, -0.1) is 0 Å². The van der Waals surface area contributed by atoms with Crippen molar-refractivity contribution in [2.75, 3.05) is 0 Å². The number of furan rings is 1. The van der Waals surface area contributed by atoms with Crippen LogP contribution in [0.3, 0.4) is 0 Å². The van der Waals surface area contributed by atoms with Crippen molar-refractivity contribution in [3.8, 4) is 0 Å². The molecule has 8 nitrogen and oxygen atoms in total. The summed E-state index contributed by atoms with van der Waals surface area (Å²) in [5, 5.41) is 3.21. The molecule has 0 unspecified atom stereocenters. The molecule has 2 aromatic heterocycles. The number of aromatic nitrogens is 2. The summed E-state index contributed by atoms with van der Waals surface area (Å²) in [4.78, 5) is 42.1. The Morgan fingerprint density at radius 1 is 1.23 bits per heavy atom. The molecule has 0 spiro atoms. The van der Waals surface area contributed by atoms with Gasteiger partial charge in [0.25, 0.3) is 5.56 Å². The zero-order valence-corrected chi connectivity index (χ0v) is 17.4. The number of rotatable bonds is 7. The third-order valence-electron chi connectivity index (χ3n) is 5.66. The van der Waals surface area contributed by atoms with Crippen LogP contribution in [-0.4, -0.2) is 27.5 Å². The molecule has 1 aliphatic rings. The normalized spacial score (nSPS) is 15.1. The van der Waals surface area contributed by atoms with E-state index in [0.29, 0.717) is 22.5 Å². The highest BCUT2D eigenvalue weighted by molar-refractivity contribution is 5.83. The zero-order valence-electron chi connectivity index (χ0n) is 17.4. The summed E-state index contributed by atoms with van der Waals surface area (Å²) in [5.41, 5.74) is 0.297. The van der Waals surface area contributed by atoms with Crippen LogP contribution in [0.2, 0.25) is 0 Å². The fourth-order valence-corrected chi connectivity index (χ4v) is 4.15. The molecule has 8 heteroatoms. The predicted octanol–water partition coefficient (Wildman–Crippen LogP) is 2.78. The summed E-state index contributed by atoms with van der Waals surface area (Å²) in [7, 11) is 0. The second kappa shape index (κ2) is 9.16. The van der Waals surface area contributed by atoms with Crippen LogP contribution in [0.1, 0.15) is 44.2 Å². The lowest BCUT2D eigenvalue weighted by molar-refractivity contribution is -0.151. The van der Waals surface area contributed by atoms with E-state index < -0.39 is 12.0 Å². The van der Waals surface area contributed by atoms with Gasteiger partial charge in [-0.3, -0.25) is 14.2 Å². The topological polar surface area (TPSA) is 103 Å². The SMILES string of the molecule is CC(=O)N[C@@H](C(=O)OCc1nc2ccccc2c(=O)n1Cc1ccco1)C1CCCC1. The maximum absolute atomic E-state index is 13.1. The zero-order chi connectivity index (χ0) is 21.8. The molecule has 1 N–H and O–H groups in total. The number of nitrogens with zero attached hydrogens (tertiary/aromatic N) is 2. The lowest BCUT2D eigenvalue weighted by Crippen LogP contribution is -2.45. The van der Waals surface area contributed by atoms with Crippen molar-refractivity contribution in [3.05, 3.63) is 64.6 Å². The molecule has 3 aromatic rings. The molecule has 1 amide bonds. The van der Waals surface area contributed by atoms with Gasteiger partial charge in [0.05, 0.1) is 23.7 Å². The Morgan fingerprint density at radius 2 is 2.00 bits per heavy atom. The molecule has 0 saturated heterocycles. The van der Waals surface area contributed by atoms with E-state index in [1.54, 1.807) is 36.4 Å². The predicted molar refractivity (Wildman–Crippen MR) is 113 cm³/mol. The fraction of sp³-hybridized carbons (Fsp3) is 0.391. The van der Waals surface area contributed by atoms with Gasteiger partial charge >= 0.3 is 5.97 Å². The van der Waals surface area contributed by atoms with E-state index in [1.165, 1.54) is 17.8 Å². The molecule has 2 heterocycles. The summed E-state index contributed by atoms with van der Waals surface area (Å²) < 4.78 is 12.4. The summed E-state index contributed by atoms with van der Waals surface area (Å²) in [5.74, 6) is 0.197. The largest absolute Gasteiger partial charge is 0.467 e. The Balaban J connectivity index is 1.61. The average Bonchev–Trinajstić information content (AvgIpc) is 3.47. The number of nitrogens with one attached hydrogen (secondary N) is 1. The number of hydrogen-bond acceptors (Lipinski definition) is 6. The number of carbonyl (C=O) groups excluding carboxylic acids is 2. The van der Waals surface area contributed by atoms with Crippen LogP contribution in [0.4, 0.5) is 0 Å². The summed E-state index contributed by atoms with van der Waals surface area (Å²) in [6.45, 7) is 1.39. The maximum atomic E-state index is 13.1. The van der Waals surface area contributed by atoms with Gasteiger partial charge in [-0.2, -0.15) is 0 Å². The number of esters is 1. The summed E-state index contributed by atoms with van der Waals surface area (Å²) in [6.07, 6.45) is 5.34. The van der Waals surface area contributed by atoms with Gasteiger partial charge in [0, 0.05) is 6.92 Å². The van der Waals surface area contributed by atoms with Gasteiger partial charge in [-0.05, 0) is 43.0 Å². The molecule has 0 bridgehead atoms. The minimum atomic E-state index is -0.689. The van der Waals surface area contributed by atoms with E-state index in [2.05, 4.69) is 10.3 Å². The highest BCUT2D eigenvalue weighted by Gasteiger charge is 2.32. The smallest absolute Gasteiger partial charge is 0.329 e. The van der Waals surface area contributed by atoms with Crippen molar-refractivity contribution in [1.29, 1.82) is 0 Å². The summed E-state index contributed by atoms with van der Waals surface area (Å²) >= 11 is 0. The van der Waals surface area contributed by atoms with E-state index in [9.17, 15) is 14.4 Å². The number of hydrogen-bond donors (Lipinski definition) is 1. The molecule has 1 aliphatic carbocycles. The Hall–Kier alpha value is -3.42. The number of carbonyl (C=O) groups is 2. The van der Waals surface area contributed by atoms with Gasteiger partial charge in [0.1, 0.15) is 18.4 Å². The van der Waals surface area contributed by atoms with Crippen LogP contribution >= 0.6 is 0 Å². The minimum absolute atomic E-state index is 0.0614. The molecule has 0 aliphatic heterocycles. The second-order valence-corrected chi connectivity index (χ2v) is 7.85. The van der Waals surface area contributed by atoms with Gasteiger partial charge in [-0.1, -0.05) is 25.0 Å². The number of amides is 1. The van der Waals surface area contributed by atoms with Gasteiger partial charge < -0.3 is 14.5 Å². The molecule has 162 valence electrons. The minimum Gasteiger partial charge on any atom is -0.467 e. The van der Waals surface area contributed by atoms with Crippen LogP contribution in [0.5, 0.6) is 0 Å². The molecule has 0 radical (unpaired) electrons. The molecule has 1 aromatic carbocycles. The van der Waals surface area contributed by atoms with E-state index in [-0.39, 0.29) is 30.5 Å². The quantitative estimate of drug-likeness (QED) is 0.586. The highest BCUT2D eigenvalue weighted by Crippen LogP contribution is 2.28. The van der Waals surface area contributed by atoms with E-state index in [0.717, 1.165) is 25.7 Å². The first kappa shape index (κ1) is 20.8. The Labute approximate surface area is 179 Å². The van der Waals surface area contributed by atoms with E-state index >= 15 is 0 Å². The van der Waals surface area contributed by atoms with E-state index in [1.807, 2.05) is 0 Å². The van der Waals surface area contributed by atoms with Crippen molar-refractivity contribution in [2.45, 2.75) is 51.8 Å². The van der Waals surface area contributed by atoms with Crippen molar-refractivity contribution in [1.82, 2.24) is 14.9 Å². The van der Waals surface area contributed by atoms with Crippen molar-refractivity contribution in [3.63, 3.8) is 0 Å². The maximum Gasteiger partial charge on any atom is 0.329 e. The number of ether oxygens (including phenoxy) is 1. The van der Waals surface area contributed by atoms with Crippen molar-refractivity contribution < 1.29 is 18.7 Å². The van der Waals surface area contributed by atoms with Crippen LogP contribution in [-0.2, 0) is 27.5 Å². The third-order valence-corrected chi connectivity index (χ3v) is 5.66. The molecular weight excluding hydrogens is 398 g/mol. The second-order valence-electron chi connectivity index (χ2n) is 7.85. The molecule has 4 rings (SSSR count). The number of fused-ring (bicyclic) bond motifs is 1. The van der Waals surface area contributed by atoms with Crippen LogP contribution in [0, 0.1) is 5.92 Å². The number of para-hydroxylation sites is 1. The average molecular weight is 423 g/mol. The lowest BCUT2D eigenvalue weighted by Gasteiger charge is -2.22. The fourth-order valence-electron chi connectivity index (χ4n) is 4.15. The first-order valence-corrected chi connectivity index (χ1v) is 10.5. The lowest BCUT2D eigenvalue weighted by atomic mass is 9.98. The van der Waals surface area contributed by atoms with Crippen LogP contribution in [0.25, 0.3) is 10.9 Å². The third kappa shape index (κ3) is 4.68.